The Bertz CT molecular complexity index is 1290. The summed E-state index contributed by atoms with van der Waals surface area (Å²) in [6, 6.07) is 21.2. The third-order valence-electron chi connectivity index (χ3n) is 6.74. The topological polar surface area (TPSA) is 86.8 Å². The second kappa shape index (κ2) is 13.0. The molecule has 4 amide bonds. The molecule has 3 aromatic rings. The maximum absolute atomic E-state index is 13.7. The molecule has 0 saturated carbocycles. The van der Waals surface area contributed by atoms with Crippen LogP contribution in [0.15, 0.2) is 78.9 Å². The SMILES string of the molecule is CCCNC(=O)[C@@H](Cc1ccccc1)N(Cc1ccc(F)cc1)C(=O)CCCN1C(=O)c2ccccc2C1=O. The van der Waals surface area contributed by atoms with E-state index in [1.165, 1.54) is 17.0 Å². The second-order valence-corrected chi connectivity index (χ2v) is 9.56. The monoisotopic (exact) mass is 529 g/mol. The maximum Gasteiger partial charge on any atom is 0.261 e. The van der Waals surface area contributed by atoms with Crippen LogP contribution in [-0.4, -0.2) is 52.6 Å². The summed E-state index contributed by atoms with van der Waals surface area (Å²) in [5, 5.41) is 2.92. The van der Waals surface area contributed by atoms with E-state index < -0.39 is 6.04 Å². The summed E-state index contributed by atoms with van der Waals surface area (Å²) in [5.41, 5.74) is 2.31. The van der Waals surface area contributed by atoms with Crippen molar-refractivity contribution in [3.8, 4) is 0 Å². The fourth-order valence-corrected chi connectivity index (χ4v) is 4.68. The molecule has 0 aromatic heterocycles. The van der Waals surface area contributed by atoms with Gasteiger partial charge in [-0.25, -0.2) is 4.39 Å². The van der Waals surface area contributed by atoms with E-state index in [4.69, 9.17) is 0 Å². The van der Waals surface area contributed by atoms with Crippen LogP contribution in [0, 0.1) is 5.82 Å². The summed E-state index contributed by atoms with van der Waals surface area (Å²) in [7, 11) is 0. The maximum atomic E-state index is 13.7. The molecule has 1 aliphatic rings. The number of halogens is 1. The van der Waals surface area contributed by atoms with Crippen molar-refractivity contribution in [2.24, 2.45) is 0 Å². The van der Waals surface area contributed by atoms with Gasteiger partial charge in [-0.2, -0.15) is 0 Å². The molecular formula is C31H32FN3O4. The highest BCUT2D eigenvalue weighted by molar-refractivity contribution is 6.21. The first kappa shape index (κ1) is 27.7. The van der Waals surface area contributed by atoms with E-state index in [0.717, 1.165) is 16.9 Å². The van der Waals surface area contributed by atoms with Gasteiger partial charge in [0.2, 0.25) is 11.8 Å². The highest BCUT2D eigenvalue weighted by Gasteiger charge is 2.35. The van der Waals surface area contributed by atoms with Crippen LogP contribution in [0.4, 0.5) is 4.39 Å². The quantitative estimate of drug-likeness (QED) is 0.353. The molecule has 8 heteroatoms. The van der Waals surface area contributed by atoms with Gasteiger partial charge in [-0.1, -0.05) is 61.5 Å². The Morgan fingerprint density at radius 3 is 2.10 bits per heavy atom. The Morgan fingerprint density at radius 1 is 0.872 bits per heavy atom. The lowest BCUT2D eigenvalue weighted by Gasteiger charge is -2.32. The highest BCUT2D eigenvalue weighted by Crippen LogP contribution is 2.23. The Labute approximate surface area is 227 Å². The molecule has 202 valence electrons. The smallest absolute Gasteiger partial charge is 0.261 e. The first-order valence-corrected chi connectivity index (χ1v) is 13.2. The number of hydrogen-bond donors (Lipinski definition) is 1. The lowest BCUT2D eigenvalue weighted by atomic mass is 10.0. The van der Waals surface area contributed by atoms with Gasteiger partial charge in [0, 0.05) is 32.5 Å². The van der Waals surface area contributed by atoms with Gasteiger partial charge in [0.15, 0.2) is 0 Å². The van der Waals surface area contributed by atoms with E-state index in [1.807, 2.05) is 37.3 Å². The van der Waals surface area contributed by atoms with Crippen molar-refractivity contribution < 1.29 is 23.6 Å². The number of carbonyl (C=O) groups is 4. The number of fused-ring (bicyclic) bond motifs is 1. The summed E-state index contributed by atoms with van der Waals surface area (Å²) in [5.74, 6) is -1.68. The molecule has 1 atom stereocenters. The lowest BCUT2D eigenvalue weighted by molar-refractivity contribution is -0.141. The Balaban J connectivity index is 1.53. The number of imide groups is 1. The summed E-state index contributed by atoms with van der Waals surface area (Å²) < 4.78 is 13.6. The Kier molecular flexibility index (Phi) is 9.20. The minimum atomic E-state index is -0.796. The third-order valence-corrected chi connectivity index (χ3v) is 6.74. The first-order valence-electron chi connectivity index (χ1n) is 13.2. The van der Waals surface area contributed by atoms with Gasteiger partial charge in [0.05, 0.1) is 11.1 Å². The van der Waals surface area contributed by atoms with Crippen LogP contribution in [-0.2, 0) is 22.6 Å². The molecule has 0 saturated heterocycles. The summed E-state index contributed by atoms with van der Waals surface area (Å²) in [6.45, 7) is 2.63. The van der Waals surface area contributed by atoms with E-state index in [2.05, 4.69) is 5.32 Å². The van der Waals surface area contributed by atoms with E-state index in [-0.39, 0.29) is 55.4 Å². The van der Waals surface area contributed by atoms with E-state index in [9.17, 15) is 23.6 Å². The van der Waals surface area contributed by atoms with Gasteiger partial charge in [-0.3, -0.25) is 24.1 Å². The van der Waals surface area contributed by atoms with Crippen LogP contribution in [0.3, 0.4) is 0 Å². The average molecular weight is 530 g/mol. The predicted molar refractivity (Wildman–Crippen MR) is 145 cm³/mol. The van der Waals surface area contributed by atoms with Crippen molar-refractivity contribution in [3.05, 3.63) is 107 Å². The molecule has 3 aromatic carbocycles. The highest BCUT2D eigenvalue weighted by atomic mass is 19.1. The standard InChI is InChI=1S/C31H32FN3O4/c1-2-18-33-29(37)27(20-22-9-4-3-5-10-22)35(21-23-14-16-24(32)17-15-23)28(36)13-8-19-34-30(38)25-11-6-7-12-26(25)31(34)39/h3-7,9-12,14-17,27H,2,8,13,18-21H2,1H3,(H,33,37)/t27-/m1/s1. The zero-order chi connectivity index (χ0) is 27.8. The normalized spacial score (nSPS) is 13.2. The molecule has 0 unspecified atom stereocenters. The number of rotatable bonds is 12. The van der Waals surface area contributed by atoms with Crippen LogP contribution in [0.1, 0.15) is 58.0 Å². The zero-order valence-corrected chi connectivity index (χ0v) is 21.9. The molecular weight excluding hydrogens is 497 g/mol. The summed E-state index contributed by atoms with van der Waals surface area (Å²) >= 11 is 0. The molecule has 7 nitrogen and oxygen atoms in total. The number of nitrogens with one attached hydrogen (secondary N) is 1. The number of hydrogen-bond acceptors (Lipinski definition) is 4. The molecule has 0 bridgehead atoms. The van der Waals surface area contributed by atoms with Crippen LogP contribution < -0.4 is 5.32 Å². The van der Waals surface area contributed by atoms with Crippen LogP contribution in [0.2, 0.25) is 0 Å². The van der Waals surface area contributed by atoms with Gasteiger partial charge in [0.1, 0.15) is 11.9 Å². The molecule has 1 heterocycles. The molecule has 0 radical (unpaired) electrons. The van der Waals surface area contributed by atoms with Gasteiger partial charge in [0.25, 0.3) is 11.8 Å². The van der Waals surface area contributed by atoms with Gasteiger partial charge >= 0.3 is 0 Å². The number of amides is 4. The number of benzene rings is 3. The van der Waals surface area contributed by atoms with Crippen molar-refractivity contribution in [2.75, 3.05) is 13.1 Å². The van der Waals surface area contributed by atoms with Crippen LogP contribution in [0.25, 0.3) is 0 Å². The summed E-state index contributed by atoms with van der Waals surface area (Å²) in [6.07, 6.45) is 1.33. The predicted octanol–water partition coefficient (Wildman–Crippen LogP) is 4.37. The van der Waals surface area contributed by atoms with Crippen molar-refractivity contribution in [2.45, 2.75) is 45.2 Å². The second-order valence-electron chi connectivity index (χ2n) is 9.56. The van der Waals surface area contributed by atoms with Crippen LogP contribution in [0.5, 0.6) is 0 Å². The van der Waals surface area contributed by atoms with Crippen LogP contribution >= 0.6 is 0 Å². The molecule has 4 rings (SSSR count). The summed E-state index contributed by atoms with van der Waals surface area (Å²) in [4.78, 5) is 55.1. The molecule has 1 N–H and O–H groups in total. The van der Waals surface area contributed by atoms with Gasteiger partial charge < -0.3 is 10.2 Å². The average Bonchev–Trinajstić information content (AvgIpc) is 3.20. The van der Waals surface area contributed by atoms with Crippen molar-refractivity contribution in [1.29, 1.82) is 0 Å². The molecule has 39 heavy (non-hydrogen) atoms. The third kappa shape index (κ3) is 6.76. The molecule has 0 fully saturated rings. The molecule has 0 spiro atoms. The molecule has 1 aliphatic heterocycles. The van der Waals surface area contributed by atoms with Crippen molar-refractivity contribution >= 4 is 23.6 Å². The first-order chi connectivity index (χ1) is 18.9. The molecule has 0 aliphatic carbocycles. The Hall–Kier alpha value is -4.33. The van der Waals surface area contributed by atoms with E-state index >= 15 is 0 Å². The van der Waals surface area contributed by atoms with E-state index in [0.29, 0.717) is 29.7 Å². The minimum absolute atomic E-state index is 0.0287. The van der Waals surface area contributed by atoms with E-state index in [1.54, 1.807) is 36.4 Å². The Morgan fingerprint density at radius 2 is 1.49 bits per heavy atom. The number of carbonyl (C=O) groups excluding carboxylic acids is 4. The van der Waals surface area contributed by atoms with Gasteiger partial charge in [-0.05, 0) is 48.2 Å². The zero-order valence-electron chi connectivity index (χ0n) is 21.9. The number of nitrogens with zero attached hydrogens (tertiary/aromatic N) is 2. The van der Waals surface area contributed by atoms with Gasteiger partial charge in [-0.15, -0.1) is 0 Å². The lowest BCUT2D eigenvalue weighted by Crippen LogP contribution is -2.50. The minimum Gasteiger partial charge on any atom is -0.354 e. The van der Waals surface area contributed by atoms with Crippen molar-refractivity contribution in [3.63, 3.8) is 0 Å². The fraction of sp³-hybridized carbons (Fsp3) is 0.290. The fourth-order valence-electron chi connectivity index (χ4n) is 4.68. The largest absolute Gasteiger partial charge is 0.354 e. The van der Waals surface area contributed by atoms with Crippen molar-refractivity contribution in [1.82, 2.24) is 15.1 Å².